The molecule has 0 heterocycles. The van der Waals surface area contributed by atoms with Crippen LogP contribution < -0.4 is 0 Å². The van der Waals surface area contributed by atoms with Crippen molar-refractivity contribution in [2.24, 2.45) is 0 Å². The van der Waals surface area contributed by atoms with E-state index in [-0.39, 0.29) is 0 Å². The number of aryl methyl sites for hydroxylation is 1. The van der Waals surface area contributed by atoms with Gasteiger partial charge < -0.3 is 0 Å². The third-order valence-electron chi connectivity index (χ3n) is 3.77. The maximum absolute atomic E-state index is 2.35. The SMILES string of the molecule is Cc1cccc(C(C)C)c1-c1cccc(C(C)C)c1. The molecule has 2 aromatic rings. The monoisotopic (exact) mass is 252 g/mol. The summed E-state index contributed by atoms with van der Waals surface area (Å²) in [5.74, 6) is 1.13. The molecule has 0 bridgehead atoms. The molecule has 19 heavy (non-hydrogen) atoms. The van der Waals surface area contributed by atoms with E-state index >= 15 is 0 Å². The Morgan fingerprint density at radius 1 is 0.789 bits per heavy atom. The average Bonchev–Trinajstić information content (AvgIpc) is 2.38. The molecule has 0 radical (unpaired) electrons. The molecule has 0 aliphatic carbocycles. The van der Waals surface area contributed by atoms with Crippen LogP contribution >= 0.6 is 0 Å². The Bertz CT molecular complexity index is 562. The van der Waals surface area contributed by atoms with Gasteiger partial charge >= 0.3 is 0 Å². The maximum Gasteiger partial charge on any atom is -0.0120 e. The Morgan fingerprint density at radius 2 is 1.47 bits per heavy atom. The average molecular weight is 252 g/mol. The highest BCUT2D eigenvalue weighted by molar-refractivity contribution is 5.72. The first kappa shape index (κ1) is 13.9. The summed E-state index contributed by atoms with van der Waals surface area (Å²) in [4.78, 5) is 0. The molecule has 0 spiro atoms. The molecule has 0 saturated heterocycles. The minimum absolute atomic E-state index is 0.553. The summed E-state index contributed by atoms with van der Waals surface area (Å²) in [5, 5.41) is 0. The second kappa shape index (κ2) is 5.61. The smallest absolute Gasteiger partial charge is 0.0120 e. The highest BCUT2D eigenvalue weighted by Crippen LogP contribution is 2.33. The molecule has 0 N–H and O–H groups in total. The first-order valence-electron chi connectivity index (χ1n) is 7.20. The zero-order valence-electron chi connectivity index (χ0n) is 12.7. The highest BCUT2D eigenvalue weighted by atomic mass is 14.2. The quantitative estimate of drug-likeness (QED) is 0.637. The molecule has 2 rings (SSSR count). The lowest BCUT2D eigenvalue weighted by Gasteiger charge is -2.17. The number of rotatable bonds is 3. The topological polar surface area (TPSA) is 0 Å². The van der Waals surface area contributed by atoms with Gasteiger partial charge in [0.25, 0.3) is 0 Å². The first-order valence-corrected chi connectivity index (χ1v) is 7.20. The minimum Gasteiger partial charge on any atom is -0.0617 e. The first-order chi connectivity index (χ1) is 9.00. The molecule has 0 nitrogen and oxygen atoms in total. The fraction of sp³-hybridized carbons (Fsp3) is 0.368. The highest BCUT2D eigenvalue weighted by Gasteiger charge is 2.11. The van der Waals surface area contributed by atoms with Crippen molar-refractivity contribution in [2.75, 3.05) is 0 Å². The van der Waals surface area contributed by atoms with Crippen molar-refractivity contribution in [1.82, 2.24) is 0 Å². The Kier molecular flexibility index (Phi) is 4.09. The normalized spacial score (nSPS) is 11.3. The summed E-state index contributed by atoms with van der Waals surface area (Å²) < 4.78 is 0. The van der Waals surface area contributed by atoms with Crippen LogP contribution in [-0.2, 0) is 0 Å². The van der Waals surface area contributed by atoms with Crippen LogP contribution in [0.5, 0.6) is 0 Å². The number of benzene rings is 2. The maximum atomic E-state index is 2.35. The van der Waals surface area contributed by atoms with Crippen molar-refractivity contribution in [3.05, 3.63) is 59.2 Å². The zero-order valence-corrected chi connectivity index (χ0v) is 12.7. The molecule has 0 saturated carbocycles. The van der Waals surface area contributed by atoms with Gasteiger partial charge in [-0.15, -0.1) is 0 Å². The van der Waals surface area contributed by atoms with Crippen LogP contribution in [0.3, 0.4) is 0 Å². The second-order valence-electron chi connectivity index (χ2n) is 5.97. The van der Waals surface area contributed by atoms with E-state index in [2.05, 4.69) is 77.1 Å². The summed E-state index contributed by atoms with van der Waals surface area (Å²) in [6.07, 6.45) is 0. The predicted molar refractivity (Wildman–Crippen MR) is 84.8 cm³/mol. The minimum atomic E-state index is 0.553. The summed E-state index contributed by atoms with van der Waals surface area (Å²) >= 11 is 0. The Hall–Kier alpha value is -1.56. The summed E-state index contributed by atoms with van der Waals surface area (Å²) in [7, 11) is 0. The summed E-state index contributed by atoms with van der Waals surface area (Å²) in [6, 6.07) is 15.6. The fourth-order valence-corrected chi connectivity index (χ4v) is 2.62. The largest absolute Gasteiger partial charge is 0.0617 e. The molecule has 0 aliphatic rings. The van der Waals surface area contributed by atoms with Crippen LogP contribution in [0.4, 0.5) is 0 Å². The predicted octanol–water partition coefficient (Wildman–Crippen LogP) is 5.91. The summed E-state index contributed by atoms with van der Waals surface area (Å²) in [6.45, 7) is 11.2. The standard InChI is InChI=1S/C19H24/c1-13(2)16-9-7-10-17(12-16)19-15(5)8-6-11-18(19)14(3)4/h6-14H,1-5H3. The third kappa shape index (κ3) is 2.89. The van der Waals surface area contributed by atoms with Crippen LogP contribution in [0.2, 0.25) is 0 Å². The Morgan fingerprint density at radius 3 is 2.11 bits per heavy atom. The van der Waals surface area contributed by atoms with Crippen LogP contribution in [0, 0.1) is 6.92 Å². The molecule has 0 amide bonds. The van der Waals surface area contributed by atoms with Crippen molar-refractivity contribution < 1.29 is 0 Å². The van der Waals surface area contributed by atoms with Crippen LogP contribution in [0.25, 0.3) is 11.1 Å². The van der Waals surface area contributed by atoms with E-state index in [1.807, 2.05) is 0 Å². The van der Waals surface area contributed by atoms with Crippen LogP contribution in [-0.4, -0.2) is 0 Å². The van der Waals surface area contributed by atoms with Crippen molar-refractivity contribution >= 4 is 0 Å². The Balaban J connectivity index is 2.61. The van der Waals surface area contributed by atoms with E-state index in [0.29, 0.717) is 11.8 Å². The van der Waals surface area contributed by atoms with E-state index in [4.69, 9.17) is 0 Å². The fourth-order valence-electron chi connectivity index (χ4n) is 2.62. The van der Waals surface area contributed by atoms with E-state index < -0.39 is 0 Å². The van der Waals surface area contributed by atoms with Gasteiger partial charge in [-0.3, -0.25) is 0 Å². The molecule has 0 atom stereocenters. The van der Waals surface area contributed by atoms with Gasteiger partial charge in [0.2, 0.25) is 0 Å². The van der Waals surface area contributed by atoms with Gasteiger partial charge in [0.05, 0.1) is 0 Å². The summed E-state index contributed by atoms with van der Waals surface area (Å²) in [5.41, 5.74) is 7.00. The number of hydrogen-bond donors (Lipinski definition) is 0. The second-order valence-corrected chi connectivity index (χ2v) is 5.97. The van der Waals surface area contributed by atoms with Crippen molar-refractivity contribution in [3.63, 3.8) is 0 Å². The van der Waals surface area contributed by atoms with Crippen molar-refractivity contribution in [3.8, 4) is 11.1 Å². The van der Waals surface area contributed by atoms with E-state index in [9.17, 15) is 0 Å². The Labute approximate surface area is 117 Å². The van der Waals surface area contributed by atoms with Gasteiger partial charge in [0.15, 0.2) is 0 Å². The van der Waals surface area contributed by atoms with Gasteiger partial charge in [-0.2, -0.15) is 0 Å². The van der Waals surface area contributed by atoms with Crippen molar-refractivity contribution in [2.45, 2.75) is 46.5 Å². The lowest BCUT2D eigenvalue weighted by atomic mass is 9.88. The molecule has 100 valence electrons. The molecule has 0 aliphatic heterocycles. The van der Waals surface area contributed by atoms with Gasteiger partial charge in [-0.25, -0.2) is 0 Å². The van der Waals surface area contributed by atoms with E-state index in [1.54, 1.807) is 0 Å². The molecular weight excluding hydrogens is 228 g/mol. The van der Waals surface area contributed by atoms with Crippen LogP contribution in [0.1, 0.15) is 56.2 Å². The van der Waals surface area contributed by atoms with Crippen LogP contribution in [0.15, 0.2) is 42.5 Å². The molecular formula is C19H24. The number of hydrogen-bond acceptors (Lipinski definition) is 0. The lowest BCUT2D eigenvalue weighted by molar-refractivity contribution is 0.862. The van der Waals surface area contributed by atoms with Crippen molar-refractivity contribution in [1.29, 1.82) is 0 Å². The third-order valence-corrected chi connectivity index (χ3v) is 3.77. The molecule has 0 aromatic heterocycles. The molecule has 0 heteroatoms. The zero-order chi connectivity index (χ0) is 14.0. The van der Waals surface area contributed by atoms with Gasteiger partial charge in [-0.05, 0) is 46.6 Å². The van der Waals surface area contributed by atoms with Gasteiger partial charge in [-0.1, -0.05) is 70.2 Å². The molecule has 0 fully saturated rings. The van der Waals surface area contributed by atoms with E-state index in [1.165, 1.54) is 27.8 Å². The van der Waals surface area contributed by atoms with Gasteiger partial charge in [0.1, 0.15) is 0 Å². The lowest BCUT2D eigenvalue weighted by Crippen LogP contribution is -1.96. The van der Waals surface area contributed by atoms with E-state index in [0.717, 1.165) is 0 Å². The molecule has 2 aromatic carbocycles. The van der Waals surface area contributed by atoms with Gasteiger partial charge in [0, 0.05) is 0 Å². The molecule has 0 unspecified atom stereocenters.